The molecule has 0 radical (unpaired) electrons. The summed E-state index contributed by atoms with van der Waals surface area (Å²) in [5.74, 6) is 0.744. The lowest BCUT2D eigenvalue weighted by atomic mass is 9.93. The van der Waals surface area contributed by atoms with Crippen molar-refractivity contribution in [3.05, 3.63) is 24.3 Å². The van der Waals surface area contributed by atoms with E-state index in [1.165, 1.54) is 0 Å². The topological polar surface area (TPSA) is 24.4 Å². The Kier molecular flexibility index (Phi) is 4.85. The first-order chi connectivity index (χ1) is 5.94. The molecular formula is C10H18N2S. The molecule has 3 heteroatoms. The van der Waals surface area contributed by atoms with Crippen LogP contribution in [0.15, 0.2) is 29.3 Å². The monoisotopic (exact) mass is 198 g/mol. The third kappa shape index (κ3) is 4.78. The summed E-state index contributed by atoms with van der Waals surface area (Å²) in [6.07, 6.45) is 3.88. The van der Waals surface area contributed by atoms with Crippen molar-refractivity contribution in [2.45, 2.75) is 20.8 Å². The lowest BCUT2D eigenvalue weighted by molar-refractivity contribution is 0.542. The summed E-state index contributed by atoms with van der Waals surface area (Å²) in [6.45, 7) is 10.1. The van der Waals surface area contributed by atoms with Gasteiger partial charge in [-0.15, -0.1) is 0 Å². The molecule has 0 saturated heterocycles. The van der Waals surface area contributed by atoms with Crippen LogP contribution in [0, 0.1) is 5.41 Å². The average molecular weight is 198 g/mol. The smallest absolute Gasteiger partial charge is 0.137 e. The van der Waals surface area contributed by atoms with Gasteiger partial charge in [0.05, 0.1) is 0 Å². The maximum atomic E-state index is 4.05. The second kappa shape index (κ2) is 5.12. The molecule has 0 bridgehead atoms. The molecule has 0 rings (SSSR count). The van der Waals surface area contributed by atoms with Gasteiger partial charge in [-0.2, -0.15) is 0 Å². The molecule has 74 valence electrons. The largest absolute Gasteiger partial charge is 0.317 e. The van der Waals surface area contributed by atoms with Gasteiger partial charge in [-0.1, -0.05) is 52.3 Å². The van der Waals surface area contributed by atoms with Crippen LogP contribution in [0.3, 0.4) is 0 Å². The van der Waals surface area contributed by atoms with Gasteiger partial charge in [0.1, 0.15) is 5.84 Å². The van der Waals surface area contributed by atoms with Crippen LogP contribution < -0.4 is 4.72 Å². The fourth-order valence-electron chi connectivity index (χ4n) is 0.934. The van der Waals surface area contributed by atoms with E-state index in [0.717, 1.165) is 11.4 Å². The summed E-state index contributed by atoms with van der Waals surface area (Å²) >= 11 is 3.97. The standard InChI is InChI=1S/C10H18N2S/c1-6-8(7-10(2,3)4)9(11-5)12-13/h6-7,13H,1H2,2-5H3,(H,11,12)/b8-7+. The van der Waals surface area contributed by atoms with E-state index in [2.05, 4.69) is 56.0 Å². The number of aliphatic imine (C=N–C) groups is 1. The van der Waals surface area contributed by atoms with Gasteiger partial charge in [-0.05, 0) is 5.41 Å². The van der Waals surface area contributed by atoms with E-state index in [-0.39, 0.29) is 5.41 Å². The zero-order chi connectivity index (χ0) is 10.5. The number of allylic oxidation sites excluding steroid dienone is 1. The molecular weight excluding hydrogens is 180 g/mol. The zero-order valence-electron chi connectivity index (χ0n) is 8.76. The Hall–Kier alpha value is -0.700. The first-order valence-electron chi connectivity index (χ1n) is 4.17. The highest BCUT2D eigenvalue weighted by Gasteiger charge is 2.09. The average Bonchev–Trinajstić information content (AvgIpc) is 2.02. The number of thiol groups is 1. The maximum absolute atomic E-state index is 4.05. The van der Waals surface area contributed by atoms with Crippen LogP contribution in [-0.2, 0) is 0 Å². The highest BCUT2D eigenvalue weighted by atomic mass is 32.1. The maximum Gasteiger partial charge on any atom is 0.137 e. The molecule has 0 aromatic heterocycles. The van der Waals surface area contributed by atoms with E-state index < -0.39 is 0 Å². The van der Waals surface area contributed by atoms with Crippen molar-refractivity contribution in [1.82, 2.24) is 4.72 Å². The van der Waals surface area contributed by atoms with Crippen LogP contribution in [0.4, 0.5) is 0 Å². The van der Waals surface area contributed by atoms with Crippen molar-refractivity contribution < 1.29 is 0 Å². The third-order valence-electron chi connectivity index (χ3n) is 1.41. The van der Waals surface area contributed by atoms with Gasteiger partial charge in [-0.3, -0.25) is 4.99 Å². The molecule has 2 nitrogen and oxygen atoms in total. The number of nitrogens with one attached hydrogen (secondary N) is 1. The van der Waals surface area contributed by atoms with Gasteiger partial charge in [-0.25, -0.2) is 0 Å². The molecule has 1 N–H and O–H groups in total. The van der Waals surface area contributed by atoms with Gasteiger partial charge in [0.15, 0.2) is 0 Å². The molecule has 13 heavy (non-hydrogen) atoms. The van der Waals surface area contributed by atoms with Gasteiger partial charge in [0.25, 0.3) is 0 Å². The fourth-order valence-corrected chi connectivity index (χ4v) is 1.16. The van der Waals surface area contributed by atoms with Crippen molar-refractivity contribution in [2.75, 3.05) is 7.05 Å². The van der Waals surface area contributed by atoms with Crippen LogP contribution in [0.25, 0.3) is 0 Å². The van der Waals surface area contributed by atoms with Crippen LogP contribution in [-0.4, -0.2) is 12.9 Å². The van der Waals surface area contributed by atoms with E-state index >= 15 is 0 Å². The molecule has 0 saturated carbocycles. The number of amidine groups is 1. The molecule has 0 unspecified atom stereocenters. The Bertz CT molecular complexity index is 234. The van der Waals surface area contributed by atoms with E-state index in [4.69, 9.17) is 0 Å². The molecule has 0 amide bonds. The quantitative estimate of drug-likeness (QED) is 0.303. The summed E-state index contributed by atoms with van der Waals surface area (Å²) < 4.78 is 2.73. The number of hydrogen-bond donors (Lipinski definition) is 2. The van der Waals surface area contributed by atoms with Gasteiger partial charge in [0.2, 0.25) is 0 Å². The van der Waals surface area contributed by atoms with E-state index in [1.807, 2.05) is 0 Å². The van der Waals surface area contributed by atoms with Crippen LogP contribution >= 0.6 is 12.8 Å². The summed E-state index contributed by atoms with van der Waals surface area (Å²) in [5, 5.41) is 0. The Morgan fingerprint density at radius 2 is 2.00 bits per heavy atom. The number of nitrogens with zero attached hydrogens (tertiary/aromatic N) is 1. The van der Waals surface area contributed by atoms with Crippen LogP contribution in [0.1, 0.15) is 20.8 Å². The lowest BCUT2D eigenvalue weighted by Crippen LogP contribution is -2.16. The minimum atomic E-state index is 0.115. The van der Waals surface area contributed by atoms with Crippen molar-refractivity contribution in [3.8, 4) is 0 Å². The second-order valence-electron chi connectivity index (χ2n) is 3.85. The first kappa shape index (κ1) is 12.3. The molecule has 0 aliphatic heterocycles. The molecule has 0 heterocycles. The summed E-state index contributed by atoms with van der Waals surface area (Å²) in [5.41, 5.74) is 1.09. The minimum absolute atomic E-state index is 0.115. The number of rotatable bonds is 2. The van der Waals surface area contributed by atoms with Gasteiger partial charge in [0, 0.05) is 12.6 Å². The molecule has 0 aromatic carbocycles. The van der Waals surface area contributed by atoms with Gasteiger partial charge < -0.3 is 4.72 Å². The first-order valence-corrected chi connectivity index (χ1v) is 4.62. The van der Waals surface area contributed by atoms with Crippen LogP contribution in [0.2, 0.25) is 0 Å². The van der Waals surface area contributed by atoms with Crippen molar-refractivity contribution in [3.63, 3.8) is 0 Å². The van der Waals surface area contributed by atoms with E-state index in [0.29, 0.717) is 0 Å². The van der Waals surface area contributed by atoms with E-state index in [1.54, 1.807) is 13.1 Å². The molecule has 0 aromatic rings. The Labute approximate surface area is 86.4 Å². The third-order valence-corrected chi connectivity index (χ3v) is 1.62. The lowest BCUT2D eigenvalue weighted by Gasteiger charge is -2.15. The van der Waals surface area contributed by atoms with Crippen molar-refractivity contribution in [1.29, 1.82) is 0 Å². The Morgan fingerprint density at radius 3 is 2.23 bits per heavy atom. The summed E-state index contributed by atoms with van der Waals surface area (Å²) in [6, 6.07) is 0. The SMILES string of the molecule is C=C/C(=C\C(C)(C)C)C(=NC)NS. The van der Waals surface area contributed by atoms with Crippen molar-refractivity contribution >= 4 is 18.7 Å². The summed E-state index contributed by atoms with van der Waals surface area (Å²) in [7, 11) is 1.72. The Morgan fingerprint density at radius 1 is 1.46 bits per heavy atom. The molecule has 0 spiro atoms. The molecule has 0 atom stereocenters. The molecule has 0 aliphatic carbocycles. The van der Waals surface area contributed by atoms with Gasteiger partial charge >= 0.3 is 0 Å². The molecule has 0 fully saturated rings. The highest BCUT2D eigenvalue weighted by molar-refractivity contribution is 7.78. The zero-order valence-corrected chi connectivity index (χ0v) is 9.65. The summed E-state index contributed by atoms with van der Waals surface area (Å²) in [4.78, 5) is 4.05. The fraction of sp³-hybridized carbons (Fsp3) is 0.500. The predicted octanol–water partition coefficient (Wildman–Crippen LogP) is 2.61. The van der Waals surface area contributed by atoms with Crippen molar-refractivity contribution in [2.24, 2.45) is 10.4 Å². The molecule has 0 aliphatic rings. The Balaban J connectivity index is 4.90. The second-order valence-corrected chi connectivity index (χ2v) is 4.08. The predicted molar refractivity (Wildman–Crippen MR) is 63.2 cm³/mol. The van der Waals surface area contributed by atoms with E-state index in [9.17, 15) is 0 Å². The number of hydrogen-bond acceptors (Lipinski definition) is 2. The minimum Gasteiger partial charge on any atom is -0.317 e. The normalized spacial score (nSPS) is 14.2. The highest BCUT2D eigenvalue weighted by Crippen LogP contribution is 2.18. The van der Waals surface area contributed by atoms with Crippen LogP contribution in [0.5, 0.6) is 0 Å².